The monoisotopic (exact) mass is 630 g/mol. The molecule has 0 aliphatic heterocycles. The molecule has 246 valence electrons. The zero-order chi connectivity index (χ0) is 33.3. The third-order valence-corrected chi connectivity index (χ3v) is 7.75. The number of carbonyl (C=O) groups excluding carboxylic acids is 3. The van der Waals surface area contributed by atoms with E-state index in [1.54, 1.807) is 25.7 Å². The van der Waals surface area contributed by atoms with Crippen LogP contribution in [-0.4, -0.2) is 66.7 Å². The Hall–Kier alpha value is -4.21. The number of rotatable bonds is 14. The van der Waals surface area contributed by atoms with E-state index in [0.29, 0.717) is 13.2 Å². The van der Waals surface area contributed by atoms with Crippen LogP contribution in [0.3, 0.4) is 0 Å². The van der Waals surface area contributed by atoms with E-state index < -0.39 is 41.9 Å². The second kappa shape index (κ2) is 15.9. The first-order valence-electron chi connectivity index (χ1n) is 15.9. The summed E-state index contributed by atoms with van der Waals surface area (Å²) in [6.07, 6.45) is -1.91. The quantitative estimate of drug-likeness (QED) is 0.162. The van der Waals surface area contributed by atoms with Crippen molar-refractivity contribution in [3.63, 3.8) is 0 Å². The van der Waals surface area contributed by atoms with Gasteiger partial charge >= 0.3 is 12.1 Å². The molecular formula is C37H46N2O7. The fourth-order valence-electron chi connectivity index (χ4n) is 5.74. The van der Waals surface area contributed by atoms with Gasteiger partial charge in [0.05, 0.1) is 12.5 Å². The molecule has 0 heterocycles. The lowest BCUT2D eigenvalue weighted by molar-refractivity contribution is -0.180. The van der Waals surface area contributed by atoms with Crippen LogP contribution in [0.5, 0.6) is 0 Å². The fourth-order valence-corrected chi connectivity index (χ4v) is 5.74. The average Bonchev–Trinajstić information content (AvgIpc) is 3.34. The van der Waals surface area contributed by atoms with Crippen LogP contribution in [-0.2, 0) is 35.1 Å². The summed E-state index contributed by atoms with van der Waals surface area (Å²) in [5.74, 6) is -1.27. The smallest absolute Gasteiger partial charge is 0.407 e. The number of nitrogens with one attached hydrogen (secondary N) is 1. The van der Waals surface area contributed by atoms with Gasteiger partial charge in [0.15, 0.2) is 6.29 Å². The van der Waals surface area contributed by atoms with Crippen LogP contribution in [0.4, 0.5) is 4.79 Å². The molecule has 0 bridgehead atoms. The molecule has 0 radical (unpaired) electrons. The molecule has 3 aromatic carbocycles. The van der Waals surface area contributed by atoms with Crippen molar-refractivity contribution >= 4 is 18.0 Å². The molecule has 3 aromatic rings. The van der Waals surface area contributed by atoms with Crippen LogP contribution in [0.1, 0.15) is 70.6 Å². The molecule has 9 nitrogen and oxygen atoms in total. The minimum Gasteiger partial charge on any atom is -0.460 e. The van der Waals surface area contributed by atoms with E-state index in [9.17, 15) is 14.4 Å². The van der Waals surface area contributed by atoms with Gasteiger partial charge in [0.2, 0.25) is 5.91 Å². The maximum Gasteiger partial charge on any atom is 0.407 e. The Morgan fingerprint density at radius 1 is 0.826 bits per heavy atom. The van der Waals surface area contributed by atoms with Crippen LogP contribution >= 0.6 is 0 Å². The molecule has 9 heteroatoms. The maximum absolute atomic E-state index is 14.4. The van der Waals surface area contributed by atoms with Crippen molar-refractivity contribution in [2.45, 2.75) is 84.4 Å². The molecule has 4 rings (SSSR count). The minimum absolute atomic E-state index is 0.0636. The van der Waals surface area contributed by atoms with Crippen LogP contribution < -0.4 is 5.32 Å². The summed E-state index contributed by atoms with van der Waals surface area (Å²) in [6, 6.07) is 23.8. The molecule has 1 aliphatic rings. The van der Waals surface area contributed by atoms with Crippen LogP contribution in [0.25, 0.3) is 11.1 Å². The van der Waals surface area contributed by atoms with E-state index in [4.69, 9.17) is 18.9 Å². The predicted molar refractivity (Wildman–Crippen MR) is 176 cm³/mol. The summed E-state index contributed by atoms with van der Waals surface area (Å²) in [7, 11) is 0. The number of alkyl carbamates (subject to hydrolysis) is 1. The van der Waals surface area contributed by atoms with Gasteiger partial charge in [-0.05, 0) is 69.4 Å². The number of benzene rings is 3. The second-order valence-electron chi connectivity index (χ2n) is 12.3. The number of nitrogens with zero attached hydrogens (tertiary/aromatic N) is 1. The van der Waals surface area contributed by atoms with Crippen molar-refractivity contribution < 1.29 is 33.3 Å². The van der Waals surface area contributed by atoms with Gasteiger partial charge in [0, 0.05) is 25.7 Å². The molecule has 0 aromatic heterocycles. The molecule has 1 N–H and O–H groups in total. The summed E-state index contributed by atoms with van der Waals surface area (Å²) in [6.45, 7) is 11.8. The first-order chi connectivity index (χ1) is 22.0. The Labute approximate surface area is 272 Å². The van der Waals surface area contributed by atoms with Gasteiger partial charge in [0.25, 0.3) is 0 Å². The Kier molecular flexibility index (Phi) is 12.0. The maximum atomic E-state index is 14.4. The highest BCUT2D eigenvalue weighted by molar-refractivity contribution is 5.90. The molecular weight excluding hydrogens is 584 g/mol. The fraction of sp³-hybridized carbons (Fsp3) is 0.432. The number of amides is 2. The molecule has 2 amide bonds. The first kappa shape index (κ1) is 34.7. The van der Waals surface area contributed by atoms with Crippen LogP contribution in [0, 0.1) is 0 Å². The van der Waals surface area contributed by atoms with E-state index in [1.807, 2.05) is 87.5 Å². The Morgan fingerprint density at radius 3 is 1.91 bits per heavy atom. The normalized spacial score (nSPS) is 13.8. The van der Waals surface area contributed by atoms with E-state index in [2.05, 4.69) is 17.4 Å². The van der Waals surface area contributed by atoms with Gasteiger partial charge in [-0.15, -0.1) is 0 Å². The third kappa shape index (κ3) is 8.95. The summed E-state index contributed by atoms with van der Waals surface area (Å²) >= 11 is 0. The van der Waals surface area contributed by atoms with Gasteiger partial charge in [0.1, 0.15) is 18.2 Å². The summed E-state index contributed by atoms with van der Waals surface area (Å²) in [4.78, 5) is 42.4. The van der Waals surface area contributed by atoms with Gasteiger partial charge < -0.3 is 29.2 Å². The highest BCUT2D eigenvalue weighted by atomic mass is 16.7. The van der Waals surface area contributed by atoms with Crippen molar-refractivity contribution in [3.05, 3.63) is 95.6 Å². The lowest BCUT2D eigenvalue weighted by atomic mass is 9.98. The minimum atomic E-state index is -1.26. The zero-order valence-electron chi connectivity index (χ0n) is 27.7. The number of carbonyl (C=O) groups is 3. The highest BCUT2D eigenvalue weighted by Gasteiger charge is 2.36. The SMILES string of the molecule is CCOC(OCC)[C@H](C)N(Cc1ccccc1)C(=O)[C@H](CC(=O)OC(C)(C)C)NC(=O)OCC1c2ccccc2-c2ccccc21. The number of hydrogen-bond donors (Lipinski definition) is 1. The molecule has 0 spiro atoms. The lowest BCUT2D eigenvalue weighted by Gasteiger charge is -2.36. The van der Waals surface area contributed by atoms with Crippen molar-refractivity contribution in [1.29, 1.82) is 0 Å². The van der Waals surface area contributed by atoms with Gasteiger partial charge in [-0.1, -0.05) is 78.9 Å². The Morgan fingerprint density at radius 2 is 1.37 bits per heavy atom. The highest BCUT2D eigenvalue weighted by Crippen LogP contribution is 2.44. The largest absolute Gasteiger partial charge is 0.460 e. The molecule has 0 saturated heterocycles. The molecule has 2 atom stereocenters. The summed E-state index contributed by atoms with van der Waals surface area (Å²) in [5, 5.41) is 2.69. The first-order valence-corrected chi connectivity index (χ1v) is 15.9. The Bertz CT molecular complexity index is 1420. The van der Waals surface area contributed by atoms with E-state index in [0.717, 1.165) is 27.8 Å². The average molecular weight is 631 g/mol. The Balaban J connectivity index is 1.58. The topological polar surface area (TPSA) is 103 Å². The number of ether oxygens (including phenoxy) is 4. The van der Waals surface area contributed by atoms with Gasteiger partial charge in [-0.3, -0.25) is 9.59 Å². The number of fused-ring (bicyclic) bond motifs is 3. The number of hydrogen-bond acceptors (Lipinski definition) is 7. The van der Waals surface area contributed by atoms with Crippen LogP contribution in [0.15, 0.2) is 78.9 Å². The molecule has 46 heavy (non-hydrogen) atoms. The standard InChI is InChI=1S/C37H46N2O7/c1-7-43-35(44-8-2)25(3)39(23-26-16-10-9-11-17-26)34(41)32(22-33(40)46-37(4,5)6)38-36(42)45-24-31-29-20-14-12-18-27(29)28-19-13-15-21-30(28)31/h9-21,25,31-32,35H,7-8,22-24H2,1-6H3,(H,38,42)/t25-,32-/m0/s1. The summed E-state index contributed by atoms with van der Waals surface area (Å²) in [5.41, 5.74) is 4.44. The summed E-state index contributed by atoms with van der Waals surface area (Å²) < 4.78 is 23.0. The third-order valence-electron chi connectivity index (χ3n) is 7.75. The molecule has 0 saturated carbocycles. The molecule has 1 aliphatic carbocycles. The number of esters is 1. The lowest BCUT2D eigenvalue weighted by Crippen LogP contribution is -2.55. The predicted octanol–water partition coefficient (Wildman–Crippen LogP) is 6.44. The van der Waals surface area contributed by atoms with E-state index in [1.165, 1.54) is 0 Å². The second-order valence-corrected chi connectivity index (χ2v) is 12.3. The van der Waals surface area contributed by atoms with Crippen molar-refractivity contribution in [1.82, 2.24) is 10.2 Å². The van der Waals surface area contributed by atoms with Crippen molar-refractivity contribution in [2.24, 2.45) is 0 Å². The molecule has 0 unspecified atom stereocenters. The van der Waals surface area contributed by atoms with Crippen molar-refractivity contribution in [3.8, 4) is 11.1 Å². The van der Waals surface area contributed by atoms with E-state index in [-0.39, 0.29) is 25.5 Å². The zero-order valence-corrected chi connectivity index (χ0v) is 27.7. The van der Waals surface area contributed by atoms with Crippen molar-refractivity contribution in [2.75, 3.05) is 19.8 Å². The van der Waals surface area contributed by atoms with Crippen LogP contribution in [0.2, 0.25) is 0 Å². The van der Waals surface area contributed by atoms with Gasteiger partial charge in [-0.2, -0.15) is 0 Å². The molecule has 0 fully saturated rings. The van der Waals surface area contributed by atoms with E-state index >= 15 is 0 Å². The van der Waals surface area contributed by atoms with Gasteiger partial charge in [-0.25, -0.2) is 4.79 Å².